The Morgan fingerprint density at radius 2 is 2.04 bits per heavy atom. The van der Waals surface area contributed by atoms with Gasteiger partial charge in [-0.25, -0.2) is 23.1 Å². The van der Waals surface area contributed by atoms with Crippen molar-refractivity contribution in [2.24, 2.45) is 5.14 Å². The van der Waals surface area contributed by atoms with E-state index < -0.39 is 20.4 Å². The van der Waals surface area contributed by atoms with E-state index in [0.717, 1.165) is 6.08 Å². The van der Waals surface area contributed by atoms with Crippen molar-refractivity contribution in [3.05, 3.63) is 62.2 Å². The number of primary sulfonamides is 1. The minimum atomic E-state index is -4.35. The van der Waals surface area contributed by atoms with Gasteiger partial charge in [0.05, 0.1) is 5.70 Å². The van der Waals surface area contributed by atoms with Gasteiger partial charge in [-0.1, -0.05) is 42.0 Å². The first-order valence-corrected chi connectivity index (χ1v) is 10.6. The van der Waals surface area contributed by atoms with Crippen LogP contribution in [0.1, 0.15) is 5.76 Å². The summed E-state index contributed by atoms with van der Waals surface area (Å²) in [6, 6.07) is 10.1. The van der Waals surface area contributed by atoms with Crippen molar-refractivity contribution in [2.45, 2.75) is 10.4 Å². The fourth-order valence-electron chi connectivity index (χ4n) is 2.46. The number of hydrogen-bond acceptors (Lipinski definition) is 5. The van der Waals surface area contributed by atoms with Crippen LogP contribution < -0.4 is 10.5 Å². The number of anilines is 1. The van der Waals surface area contributed by atoms with E-state index in [4.69, 9.17) is 33.5 Å². The number of para-hydroxylation sites is 1. The highest BCUT2D eigenvalue weighted by atomic mass is 127. The molecule has 11 heteroatoms. The third-order valence-corrected chi connectivity index (χ3v) is 6.69. The third kappa shape index (κ3) is 3.74. The first-order valence-electron chi connectivity index (χ1n) is 7.13. The van der Waals surface area contributed by atoms with E-state index in [-0.39, 0.29) is 11.5 Å². The van der Waals surface area contributed by atoms with E-state index in [1.807, 2.05) is 22.6 Å². The fourth-order valence-corrected chi connectivity index (χ4v) is 5.18. The molecule has 1 aromatic heterocycles. The molecule has 2 unspecified atom stereocenters. The highest BCUT2D eigenvalue weighted by Crippen LogP contribution is 2.47. The molecule has 2 aromatic rings. The molecule has 0 aliphatic heterocycles. The molecular formula is C15H12ClFIN3O3S2. The molecule has 0 bridgehead atoms. The predicted octanol–water partition coefficient (Wildman–Crippen LogP) is 4.05. The van der Waals surface area contributed by atoms with Crippen molar-refractivity contribution in [2.75, 3.05) is 5.32 Å². The lowest BCUT2D eigenvalue weighted by molar-refractivity contribution is 0.329. The molecule has 1 heterocycles. The lowest BCUT2D eigenvalue weighted by Gasteiger charge is -2.33. The van der Waals surface area contributed by atoms with Gasteiger partial charge in [-0.2, -0.15) is 0 Å². The summed E-state index contributed by atoms with van der Waals surface area (Å²) in [4.78, 5) is 0. The summed E-state index contributed by atoms with van der Waals surface area (Å²) in [5.74, 6) is 0.243. The Morgan fingerprint density at radius 3 is 2.58 bits per heavy atom. The summed E-state index contributed by atoms with van der Waals surface area (Å²) < 4.78 is 45.2. The maximum atomic E-state index is 15.4. The molecule has 0 radical (unpaired) electrons. The number of nitrogens with one attached hydrogen (secondary N) is 2. The number of aromatic nitrogens is 1. The van der Waals surface area contributed by atoms with Gasteiger partial charge in [0, 0.05) is 20.9 Å². The molecule has 138 valence electrons. The largest absolute Gasteiger partial charge is 0.381 e. The fraction of sp³-hybridized carbons (Fsp3) is 0.133. The summed E-state index contributed by atoms with van der Waals surface area (Å²) in [7, 11) is -4.35. The SMILES string of the molecule is NS(=O)(=O)C1C=C(c2cc(=S)[nH]o2)C(I)=C(Nc2ccccc2)C1(F)Cl. The number of allylic oxidation sites excluding steroid dienone is 3. The number of halogens is 3. The number of aromatic amines is 1. The standard InChI is InChI=1S/C15H12ClFIN3O3S2/c16-15(17)11(26(19,22)23)6-9(10-7-12(25)21-24-10)13(18)14(15)20-8-4-2-1-3-5-8/h1-7,11,20H,(H,21,25)(H2,19,22,23). The highest BCUT2D eigenvalue weighted by molar-refractivity contribution is 14.1. The average Bonchev–Trinajstić information content (AvgIpc) is 2.97. The Balaban J connectivity index is 2.20. The number of alkyl halides is 2. The van der Waals surface area contributed by atoms with E-state index in [1.54, 1.807) is 30.3 Å². The number of nitrogens with two attached hydrogens (primary N) is 1. The van der Waals surface area contributed by atoms with Crippen LogP contribution in [0.5, 0.6) is 0 Å². The molecule has 26 heavy (non-hydrogen) atoms. The first-order chi connectivity index (χ1) is 12.1. The summed E-state index contributed by atoms with van der Waals surface area (Å²) >= 11 is 12.9. The second-order valence-electron chi connectivity index (χ2n) is 5.47. The van der Waals surface area contributed by atoms with Gasteiger partial charge >= 0.3 is 0 Å². The Kier molecular flexibility index (Phi) is 5.32. The van der Waals surface area contributed by atoms with Crippen molar-refractivity contribution in [3.8, 4) is 0 Å². The van der Waals surface area contributed by atoms with Crippen molar-refractivity contribution in [1.82, 2.24) is 5.16 Å². The molecule has 0 saturated heterocycles. The summed E-state index contributed by atoms with van der Waals surface area (Å²) in [6.07, 6.45) is 1.13. The second-order valence-corrected chi connectivity index (χ2v) is 9.22. The summed E-state index contributed by atoms with van der Waals surface area (Å²) in [6.45, 7) is 0. The van der Waals surface area contributed by atoms with Crippen LogP contribution in [0.2, 0.25) is 0 Å². The zero-order valence-electron chi connectivity index (χ0n) is 12.9. The number of benzene rings is 1. The van der Waals surface area contributed by atoms with Crippen molar-refractivity contribution >= 4 is 67.7 Å². The normalized spacial score (nSPS) is 23.7. The van der Waals surface area contributed by atoms with Gasteiger partial charge in [-0.15, -0.1) is 0 Å². The molecule has 1 aliphatic carbocycles. The van der Waals surface area contributed by atoms with Crippen molar-refractivity contribution in [3.63, 3.8) is 0 Å². The Morgan fingerprint density at radius 1 is 1.38 bits per heavy atom. The van der Waals surface area contributed by atoms with Crippen LogP contribution in [0, 0.1) is 4.64 Å². The molecule has 6 nitrogen and oxygen atoms in total. The maximum absolute atomic E-state index is 15.4. The highest BCUT2D eigenvalue weighted by Gasteiger charge is 2.51. The lowest BCUT2D eigenvalue weighted by atomic mass is 9.99. The van der Waals surface area contributed by atoms with E-state index in [2.05, 4.69) is 10.5 Å². The van der Waals surface area contributed by atoms with E-state index in [1.165, 1.54) is 6.07 Å². The molecule has 0 fully saturated rings. The molecule has 0 spiro atoms. The van der Waals surface area contributed by atoms with E-state index >= 15 is 4.39 Å². The summed E-state index contributed by atoms with van der Waals surface area (Å²) in [5, 5.41) is 5.93. The second kappa shape index (κ2) is 7.08. The van der Waals surface area contributed by atoms with Crippen LogP contribution in [0.4, 0.5) is 10.1 Å². The molecule has 3 rings (SSSR count). The van der Waals surface area contributed by atoms with Gasteiger partial charge in [0.2, 0.25) is 15.2 Å². The van der Waals surface area contributed by atoms with Gasteiger partial charge in [0.25, 0.3) is 0 Å². The minimum Gasteiger partial charge on any atom is -0.381 e. The minimum absolute atomic E-state index is 0.148. The number of hydrogen-bond donors (Lipinski definition) is 3. The van der Waals surface area contributed by atoms with Gasteiger partial charge in [0.1, 0.15) is 9.89 Å². The van der Waals surface area contributed by atoms with Crippen LogP contribution >= 0.6 is 46.4 Å². The third-order valence-electron chi connectivity index (χ3n) is 3.65. The van der Waals surface area contributed by atoms with Crippen molar-refractivity contribution < 1.29 is 17.3 Å². The topological polar surface area (TPSA) is 101 Å². The van der Waals surface area contributed by atoms with E-state index in [0.29, 0.717) is 19.5 Å². The number of rotatable bonds is 4. The average molecular weight is 528 g/mol. The maximum Gasteiger partial charge on any atom is 0.245 e. The quantitative estimate of drug-likeness (QED) is 0.316. The van der Waals surface area contributed by atoms with Gasteiger partial charge in [-0.3, -0.25) is 0 Å². The molecule has 1 aromatic carbocycles. The van der Waals surface area contributed by atoms with Crippen LogP contribution in [0.3, 0.4) is 0 Å². The van der Waals surface area contributed by atoms with E-state index in [9.17, 15) is 8.42 Å². The van der Waals surface area contributed by atoms with Crippen LogP contribution in [-0.2, 0) is 10.0 Å². The number of H-pyrrole nitrogens is 1. The summed E-state index contributed by atoms with van der Waals surface area (Å²) in [5.41, 5.74) is 0.692. The zero-order valence-corrected chi connectivity index (χ0v) is 17.4. The Hall–Kier alpha value is -1.21. The monoisotopic (exact) mass is 527 g/mol. The number of sulfonamides is 1. The van der Waals surface area contributed by atoms with Crippen LogP contribution in [0.25, 0.3) is 5.57 Å². The molecule has 4 N–H and O–H groups in total. The zero-order chi connectivity index (χ0) is 19.1. The van der Waals surface area contributed by atoms with Gasteiger partial charge < -0.3 is 9.84 Å². The Bertz CT molecular complexity index is 1060. The molecule has 2 atom stereocenters. The van der Waals surface area contributed by atoms with Crippen molar-refractivity contribution in [1.29, 1.82) is 0 Å². The molecule has 1 aliphatic rings. The lowest BCUT2D eigenvalue weighted by Crippen LogP contribution is -2.46. The predicted molar refractivity (Wildman–Crippen MR) is 110 cm³/mol. The van der Waals surface area contributed by atoms with Crippen LogP contribution in [-0.4, -0.2) is 24.0 Å². The first kappa shape index (κ1) is 19.5. The van der Waals surface area contributed by atoms with Gasteiger partial charge in [0.15, 0.2) is 5.76 Å². The smallest absolute Gasteiger partial charge is 0.245 e. The molecular weight excluding hydrogens is 516 g/mol. The molecule has 0 saturated carbocycles. The Labute approximate surface area is 172 Å². The van der Waals surface area contributed by atoms with Crippen LogP contribution in [0.15, 0.2) is 56.3 Å². The van der Waals surface area contributed by atoms with Gasteiger partial charge in [-0.05, 0) is 40.8 Å². The molecule has 0 amide bonds.